The third-order valence-corrected chi connectivity index (χ3v) is 3.05. The van der Waals surface area contributed by atoms with Crippen LogP contribution < -0.4 is 11.1 Å². The van der Waals surface area contributed by atoms with Gasteiger partial charge in [-0.3, -0.25) is 4.79 Å². The molecule has 0 aromatic heterocycles. The molecule has 0 aliphatic heterocycles. The van der Waals surface area contributed by atoms with Gasteiger partial charge in [0.25, 0.3) is 0 Å². The summed E-state index contributed by atoms with van der Waals surface area (Å²) >= 11 is 3.39. The molecule has 0 aliphatic rings. The smallest absolute Gasteiger partial charge is 0.222 e. The number of carbonyl (C=O) groups is 1. The van der Waals surface area contributed by atoms with Crippen molar-refractivity contribution in [3.63, 3.8) is 0 Å². The maximum Gasteiger partial charge on any atom is 0.222 e. The van der Waals surface area contributed by atoms with E-state index in [9.17, 15) is 4.79 Å². The van der Waals surface area contributed by atoms with Crippen LogP contribution >= 0.6 is 15.9 Å². The quantitative estimate of drug-likeness (QED) is 0.897. The molecule has 0 aliphatic carbocycles. The van der Waals surface area contributed by atoms with Gasteiger partial charge in [-0.05, 0) is 38.5 Å². The van der Waals surface area contributed by atoms with E-state index in [1.54, 1.807) is 0 Å². The summed E-state index contributed by atoms with van der Waals surface area (Å²) in [6.07, 6.45) is 0.347. The Balaban J connectivity index is 2.74. The molecule has 1 rings (SSSR count). The lowest BCUT2D eigenvalue weighted by molar-refractivity contribution is -0.123. The molecule has 1 unspecified atom stereocenters. The molecule has 94 valence electrons. The number of carbonyl (C=O) groups excluding carboxylic acids is 1. The number of hydrogen-bond acceptors (Lipinski definition) is 2. The highest BCUT2D eigenvalue weighted by Gasteiger charge is 2.22. The maximum absolute atomic E-state index is 11.7. The van der Waals surface area contributed by atoms with E-state index in [-0.39, 0.29) is 17.5 Å². The molecule has 0 saturated carbocycles. The van der Waals surface area contributed by atoms with Crippen LogP contribution in [0.5, 0.6) is 0 Å². The number of nitrogens with two attached hydrogens (primary N) is 1. The molecular weight excluding hydrogens is 280 g/mol. The van der Waals surface area contributed by atoms with E-state index in [0.717, 1.165) is 10.0 Å². The van der Waals surface area contributed by atoms with Gasteiger partial charge >= 0.3 is 0 Å². The number of amides is 1. The molecule has 3 nitrogen and oxygen atoms in total. The Labute approximate surface area is 111 Å². The van der Waals surface area contributed by atoms with Crippen molar-refractivity contribution in [3.05, 3.63) is 34.3 Å². The minimum absolute atomic E-state index is 0.0204. The third kappa shape index (κ3) is 4.48. The van der Waals surface area contributed by atoms with E-state index in [2.05, 4.69) is 21.2 Å². The topological polar surface area (TPSA) is 55.1 Å². The number of benzene rings is 1. The van der Waals surface area contributed by atoms with E-state index in [0.29, 0.717) is 6.42 Å². The van der Waals surface area contributed by atoms with E-state index in [1.807, 2.05) is 45.0 Å². The zero-order valence-electron chi connectivity index (χ0n) is 10.5. The standard InChI is InChI=1S/C13H19BrN2O/c1-9(15)8-12(17)16-13(2,3)10-4-6-11(14)7-5-10/h4-7,9H,8,15H2,1-3H3,(H,16,17). The van der Waals surface area contributed by atoms with Crippen LogP contribution in [-0.4, -0.2) is 11.9 Å². The largest absolute Gasteiger partial charge is 0.347 e. The molecule has 1 amide bonds. The van der Waals surface area contributed by atoms with Crippen molar-refractivity contribution < 1.29 is 4.79 Å². The van der Waals surface area contributed by atoms with E-state index in [4.69, 9.17) is 5.73 Å². The molecular formula is C13H19BrN2O. The van der Waals surface area contributed by atoms with Gasteiger partial charge in [-0.1, -0.05) is 28.1 Å². The van der Waals surface area contributed by atoms with Gasteiger partial charge in [0, 0.05) is 16.9 Å². The van der Waals surface area contributed by atoms with E-state index in [1.165, 1.54) is 0 Å². The lowest BCUT2D eigenvalue weighted by Gasteiger charge is -2.27. The second-order valence-electron chi connectivity index (χ2n) is 4.86. The van der Waals surface area contributed by atoms with Crippen molar-refractivity contribution in [2.75, 3.05) is 0 Å². The molecule has 1 aromatic rings. The van der Waals surface area contributed by atoms with Crippen LogP contribution in [0.2, 0.25) is 0 Å². The molecule has 1 aromatic carbocycles. The lowest BCUT2D eigenvalue weighted by Crippen LogP contribution is -2.42. The van der Waals surface area contributed by atoms with Crippen LogP contribution in [0.1, 0.15) is 32.8 Å². The number of halogens is 1. The molecule has 1 atom stereocenters. The lowest BCUT2D eigenvalue weighted by atomic mass is 9.94. The Bertz CT molecular complexity index is 385. The van der Waals surface area contributed by atoms with Crippen LogP contribution in [0, 0.1) is 0 Å². The fraction of sp³-hybridized carbons (Fsp3) is 0.462. The summed E-state index contributed by atoms with van der Waals surface area (Å²) in [4.78, 5) is 11.7. The highest BCUT2D eigenvalue weighted by Crippen LogP contribution is 2.22. The summed E-state index contributed by atoms with van der Waals surface area (Å²) in [6, 6.07) is 7.81. The first-order valence-corrected chi connectivity index (χ1v) is 6.43. The van der Waals surface area contributed by atoms with E-state index < -0.39 is 0 Å². The highest BCUT2D eigenvalue weighted by molar-refractivity contribution is 9.10. The highest BCUT2D eigenvalue weighted by atomic mass is 79.9. The average Bonchev–Trinajstić information content (AvgIpc) is 2.15. The molecule has 0 radical (unpaired) electrons. The van der Waals surface area contributed by atoms with Crippen molar-refractivity contribution >= 4 is 21.8 Å². The molecule has 0 heterocycles. The molecule has 0 saturated heterocycles. The predicted molar refractivity (Wildman–Crippen MR) is 73.6 cm³/mol. The number of rotatable bonds is 4. The summed E-state index contributed by atoms with van der Waals surface area (Å²) in [6.45, 7) is 5.79. The summed E-state index contributed by atoms with van der Waals surface area (Å²) in [5.74, 6) is -0.0204. The zero-order chi connectivity index (χ0) is 13.1. The molecule has 0 spiro atoms. The molecule has 3 N–H and O–H groups in total. The van der Waals surface area contributed by atoms with Crippen molar-refractivity contribution in [2.45, 2.75) is 38.8 Å². The Morgan fingerprint density at radius 1 is 1.41 bits per heavy atom. The normalized spacial score (nSPS) is 13.2. The first kappa shape index (κ1) is 14.2. The van der Waals surface area contributed by atoms with Crippen molar-refractivity contribution in [1.29, 1.82) is 0 Å². The summed E-state index contributed by atoms with van der Waals surface area (Å²) in [5.41, 5.74) is 6.29. The number of nitrogens with one attached hydrogen (secondary N) is 1. The van der Waals surface area contributed by atoms with Gasteiger partial charge in [0.05, 0.1) is 5.54 Å². The van der Waals surface area contributed by atoms with Gasteiger partial charge in [0.15, 0.2) is 0 Å². The van der Waals surface area contributed by atoms with Crippen LogP contribution in [0.4, 0.5) is 0 Å². The summed E-state index contributed by atoms with van der Waals surface area (Å²) < 4.78 is 1.03. The van der Waals surface area contributed by atoms with Crippen molar-refractivity contribution in [2.24, 2.45) is 5.73 Å². The van der Waals surface area contributed by atoms with Gasteiger partial charge in [-0.25, -0.2) is 0 Å². The maximum atomic E-state index is 11.7. The van der Waals surface area contributed by atoms with Gasteiger partial charge in [0.1, 0.15) is 0 Å². The molecule has 17 heavy (non-hydrogen) atoms. The first-order chi connectivity index (χ1) is 7.81. The van der Waals surface area contributed by atoms with Gasteiger partial charge in [-0.2, -0.15) is 0 Å². The van der Waals surface area contributed by atoms with Crippen LogP contribution in [0.3, 0.4) is 0 Å². The van der Waals surface area contributed by atoms with Crippen molar-refractivity contribution in [3.8, 4) is 0 Å². The monoisotopic (exact) mass is 298 g/mol. The van der Waals surface area contributed by atoms with Crippen LogP contribution in [0.15, 0.2) is 28.7 Å². The fourth-order valence-electron chi connectivity index (χ4n) is 1.63. The minimum atomic E-state index is -0.382. The van der Waals surface area contributed by atoms with Crippen LogP contribution in [0.25, 0.3) is 0 Å². The van der Waals surface area contributed by atoms with Gasteiger partial charge in [-0.15, -0.1) is 0 Å². The Hall–Kier alpha value is -0.870. The minimum Gasteiger partial charge on any atom is -0.347 e. The molecule has 0 fully saturated rings. The fourth-order valence-corrected chi connectivity index (χ4v) is 1.90. The molecule has 4 heteroatoms. The van der Waals surface area contributed by atoms with Crippen LogP contribution in [-0.2, 0) is 10.3 Å². The predicted octanol–water partition coefficient (Wildman–Crippen LogP) is 2.54. The Morgan fingerprint density at radius 3 is 2.41 bits per heavy atom. The van der Waals surface area contributed by atoms with Gasteiger partial charge < -0.3 is 11.1 Å². The average molecular weight is 299 g/mol. The zero-order valence-corrected chi connectivity index (χ0v) is 12.0. The summed E-state index contributed by atoms with van der Waals surface area (Å²) in [5, 5.41) is 2.99. The molecule has 0 bridgehead atoms. The second kappa shape index (κ2) is 5.65. The second-order valence-corrected chi connectivity index (χ2v) is 5.78. The summed E-state index contributed by atoms with van der Waals surface area (Å²) in [7, 11) is 0. The SMILES string of the molecule is CC(N)CC(=O)NC(C)(C)c1ccc(Br)cc1. The van der Waals surface area contributed by atoms with Crippen molar-refractivity contribution in [1.82, 2.24) is 5.32 Å². The Kier molecular flexibility index (Phi) is 4.71. The first-order valence-electron chi connectivity index (χ1n) is 5.64. The number of hydrogen-bond donors (Lipinski definition) is 2. The van der Waals surface area contributed by atoms with Gasteiger partial charge in [0.2, 0.25) is 5.91 Å². The van der Waals surface area contributed by atoms with E-state index >= 15 is 0 Å². The third-order valence-electron chi connectivity index (χ3n) is 2.53. The Morgan fingerprint density at radius 2 is 1.94 bits per heavy atom.